The molecule has 0 N–H and O–H groups in total. The Balaban J connectivity index is 2.53. The minimum Gasteiger partial charge on any atom is -0.406 e. The van der Waals surface area contributed by atoms with Gasteiger partial charge in [-0.25, -0.2) is 4.39 Å². The van der Waals surface area contributed by atoms with Crippen molar-refractivity contribution in [2.75, 3.05) is 0 Å². The second-order valence-electron chi connectivity index (χ2n) is 4.01. The molecule has 0 aliphatic heterocycles. The predicted octanol–water partition coefficient (Wildman–Crippen LogP) is 4.77. The highest BCUT2D eigenvalue weighted by atomic mass is 35.5. The van der Waals surface area contributed by atoms with Crippen LogP contribution in [0.2, 0.25) is 0 Å². The first kappa shape index (κ1) is 15.3. The highest BCUT2D eigenvalue weighted by molar-refractivity contribution is 6.68. The van der Waals surface area contributed by atoms with Crippen LogP contribution in [0.3, 0.4) is 0 Å². The normalized spacial score (nSPS) is 11.3. The lowest BCUT2D eigenvalue weighted by atomic mass is 9.99. The van der Waals surface area contributed by atoms with Gasteiger partial charge in [-0.1, -0.05) is 18.2 Å². The number of hydrogen-bond acceptors (Lipinski definition) is 2. The second kappa shape index (κ2) is 5.73. The molecule has 0 atom stereocenters. The first-order chi connectivity index (χ1) is 9.78. The van der Waals surface area contributed by atoms with E-state index >= 15 is 0 Å². The second-order valence-corrected chi connectivity index (χ2v) is 4.36. The molecule has 21 heavy (non-hydrogen) atoms. The van der Waals surface area contributed by atoms with Crippen molar-refractivity contribution < 1.29 is 27.1 Å². The molecule has 0 unspecified atom stereocenters. The van der Waals surface area contributed by atoms with E-state index in [2.05, 4.69) is 4.74 Å². The summed E-state index contributed by atoms with van der Waals surface area (Å²) < 4.78 is 54.2. The molecule has 0 saturated carbocycles. The molecule has 2 rings (SSSR count). The summed E-state index contributed by atoms with van der Waals surface area (Å²) in [6.45, 7) is 0. The summed E-state index contributed by atoms with van der Waals surface area (Å²) in [6.07, 6.45) is -4.86. The minimum absolute atomic E-state index is 0.0545. The maximum atomic E-state index is 13.9. The molecule has 0 fully saturated rings. The van der Waals surface area contributed by atoms with E-state index in [1.165, 1.54) is 24.3 Å². The van der Waals surface area contributed by atoms with Gasteiger partial charge in [0, 0.05) is 11.1 Å². The summed E-state index contributed by atoms with van der Waals surface area (Å²) in [7, 11) is 0. The van der Waals surface area contributed by atoms with Crippen LogP contribution in [0.1, 0.15) is 10.4 Å². The van der Waals surface area contributed by atoms with Crippen LogP contribution >= 0.6 is 11.6 Å². The number of carbonyl (C=O) groups is 1. The van der Waals surface area contributed by atoms with Crippen molar-refractivity contribution in [2.45, 2.75) is 6.36 Å². The van der Waals surface area contributed by atoms with Crippen LogP contribution in [0.4, 0.5) is 17.6 Å². The Hall–Kier alpha value is -2.08. The maximum Gasteiger partial charge on any atom is 0.573 e. The molecule has 0 saturated heterocycles. The number of rotatable bonds is 3. The van der Waals surface area contributed by atoms with Crippen LogP contribution in [-0.4, -0.2) is 11.6 Å². The fraction of sp³-hybridized carbons (Fsp3) is 0.0714. The first-order valence-corrected chi connectivity index (χ1v) is 6.00. The van der Waals surface area contributed by atoms with Gasteiger partial charge in [-0.05, 0) is 41.4 Å². The molecule has 0 radical (unpaired) electrons. The molecule has 2 aromatic rings. The smallest absolute Gasteiger partial charge is 0.406 e. The molecular weight excluding hydrogens is 312 g/mol. The third-order valence-corrected chi connectivity index (χ3v) is 2.79. The number of benzene rings is 2. The van der Waals surface area contributed by atoms with Crippen molar-refractivity contribution in [3.8, 4) is 16.9 Å². The van der Waals surface area contributed by atoms with Gasteiger partial charge in [-0.3, -0.25) is 4.79 Å². The monoisotopic (exact) mass is 318 g/mol. The molecule has 0 aliphatic rings. The summed E-state index contributed by atoms with van der Waals surface area (Å²) in [6, 6.07) is 8.30. The van der Waals surface area contributed by atoms with Gasteiger partial charge in [0.1, 0.15) is 11.6 Å². The summed E-state index contributed by atoms with van der Waals surface area (Å²) >= 11 is 5.36. The van der Waals surface area contributed by atoms with Crippen molar-refractivity contribution in [1.29, 1.82) is 0 Å². The summed E-state index contributed by atoms with van der Waals surface area (Å²) in [5, 5.41) is -0.911. The van der Waals surface area contributed by atoms with Gasteiger partial charge in [-0.15, -0.1) is 13.2 Å². The van der Waals surface area contributed by atoms with E-state index in [0.29, 0.717) is 0 Å². The largest absolute Gasteiger partial charge is 0.573 e. The molecule has 7 heteroatoms. The Morgan fingerprint density at radius 1 is 1.10 bits per heavy atom. The summed E-state index contributed by atoms with van der Waals surface area (Å²) in [5.41, 5.74) is -0.259. The van der Waals surface area contributed by atoms with Crippen LogP contribution in [-0.2, 0) is 0 Å². The standard InChI is InChI=1S/C14H7ClF4O2/c15-13(20)10-5-2-6-11(16)12(10)8-3-1-4-9(7-8)21-14(17,18)19/h1-7H. The molecular formula is C14H7ClF4O2. The molecule has 110 valence electrons. The fourth-order valence-corrected chi connectivity index (χ4v) is 1.99. The summed E-state index contributed by atoms with van der Waals surface area (Å²) in [5.74, 6) is -1.29. The molecule has 0 aromatic heterocycles. The minimum atomic E-state index is -4.86. The van der Waals surface area contributed by atoms with E-state index in [4.69, 9.17) is 11.6 Å². The maximum absolute atomic E-state index is 13.9. The molecule has 0 bridgehead atoms. The van der Waals surface area contributed by atoms with Crippen molar-refractivity contribution in [3.63, 3.8) is 0 Å². The van der Waals surface area contributed by atoms with Gasteiger partial charge in [0.15, 0.2) is 0 Å². The highest BCUT2D eigenvalue weighted by Gasteiger charge is 2.31. The van der Waals surface area contributed by atoms with Gasteiger partial charge in [-0.2, -0.15) is 0 Å². The van der Waals surface area contributed by atoms with E-state index < -0.39 is 23.2 Å². The number of hydrogen-bond donors (Lipinski definition) is 0. The number of carbonyl (C=O) groups excluding carboxylic acids is 1. The van der Waals surface area contributed by atoms with Gasteiger partial charge in [0.2, 0.25) is 0 Å². The van der Waals surface area contributed by atoms with E-state index in [1.807, 2.05) is 0 Å². The average molecular weight is 319 g/mol. The van der Waals surface area contributed by atoms with Crippen LogP contribution in [0, 0.1) is 5.82 Å². The highest BCUT2D eigenvalue weighted by Crippen LogP contribution is 2.32. The van der Waals surface area contributed by atoms with E-state index in [1.54, 1.807) is 0 Å². The number of ether oxygens (including phenoxy) is 1. The van der Waals surface area contributed by atoms with Gasteiger partial charge in [0.05, 0.1) is 0 Å². The average Bonchev–Trinajstić information content (AvgIpc) is 2.36. The molecule has 0 heterocycles. The fourth-order valence-electron chi connectivity index (χ4n) is 1.83. The topological polar surface area (TPSA) is 26.3 Å². The summed E-state index contributed by atoms with van der Waals surface area (Å²) in [4.78, 5) is 11.3. The van der Waals surface area contributed by atoms with Crippen LogP contribution < -0.4 is 4.74 Å². The lowest BCUT2D eigenvalue weighted by Gasteiger charge is -2.12. The Bertz CT molecular complexity index is 683. The molecule has 2 aromatic carbocycles. The van der Waals surface area contributed by atoms with Crippen LogP contribution in [0.15, 0.2) is 42.5 Å². The quantitative estimate of drug-likeness (QED) is 0.602. The first-order valence-electron chi connectivity index (χ1n) is 5.62. The zero-order valence-electron chi connectivity index (χ0n) is 10.2. The Labute approximate surface area is 121 Å². The van der Waals surface area contributed by atoms with Crippen molar-refractivity contribution in [2.24, 2.45) is 0 Å². The van der Waals surface area contributed by atoms with E-state index in [-0.39, 0.29) is 16.7 Å². The van der Waals surface area contributed by atoms with Gasteiger partial charge in [0.25, 0.3) is 5.24 Å². The van der Waals surface area contributed by atoms with E-state index in [9.17, 15) is 22.4 Å². The number of halogens is 5. The zero-order chi connectivity index (χ0) is 15.6. The van der Waals surface area contributed by atoms with E-state index in [0.717, 1.165) is 18.2 Å². The van der Waals surface area contributed by atoms with Crippen molar-refractivity contribution >= 4 is 16.8 Å². The SMILES string of the molecule is O=C(Cl)c1cccc(F)c1-c1cccc(OC(F)(F)F)c1. The lowest BCUT2D eigenvalue weighted by Crippen LogP contribution is -2.17. The molecule has 0 amide bonds. The number of alkyl halides is 3. The van der Waals surface area contributed by atoms with Crippen molar-refractivity contribution in [1.82, 2.24) is 0 Å². The lowest BCUT2D eigenvalue weighted by molar-refractivity contribution is -0.274. The molecule has 0 spiro atoms. The Kier molecular flexibility index (Phi) is 4.18. The van der Waals surface area contributed by atoms with Gasteiger partial charge < -0.3 is 4.74 Å². The Morgan fingerprint density at radius 3 is 2.38 bits per heavy atom. The molecule has 2 nitrogen and oxygen atoms in total. The predicted molar refractivity (Wildman–Crippen MR) is 68.7 cm³/mol. The van der Waals surface area contributed by atoms with Crippen LogP contribution in [0.5, 0.6) is 5.75 Å². The van der Waals surface area contributed by atoms with Gasteiger partial charge >= 0.3 is 6.36 Å². The third kappa shape index (κ3) is 3.72. The van der Waals surface area contributed by atoms with Crippen LogP contribution in [0.25, 0.3) is 11.1 Å². The van der Waals surface area contributed by atoms with Crippen molar-refractivity contribution in [3.05, 3.63) is 53.8 Å². The third-order valence-electron chi connectivity index (χ3n) is 2.58. The zero-order valence-corrected chi connectivity index (χ0v) is 11.0. The molecule has 0 aliphatic carbocycles. The Morgan fingerprint density at radius 2 is 1.76 bits per heavy atom.